The van der Waals surface area contributed by atoms with Gasteiger partial charge < -0.3 is 11.1 Å². The van der Waals surface area contributed by atoms with E-state index < -0.39 is 5.91 Å². The molecule has 0 aliphatic carbocycles. The number of carbonyl (C=O) groups excluding carboxylic acids is 1. The van der Waals surface area contributed by atoms with Gasteiger partial charge in [-0.15, -0.1) is 0 Å². The lowest BCUT2D eigenvalue weighted by Gasteiger charge is -2.11. The van der Waals surface area contributed by atoms with E-state index in [0.29, 0.717) is 12.1 Å². The number of amides is 1. The van der Waals surface area contributed by atoms with Crippen LogP contribution in [0, 0.1) is 0 Å². The molecule has 3 N–H and O–H groups in total. The van der Waals surface area contributed by atoms with Gasteiger partial charge >= 0.3 is 0 Å². The van der Waals surface area contributed by atoms with E-state index >= 15 is 0 Å². The maximum Gasteiger partial charge on any atom is 0.249 e. The average molecular weight is 384 g/mol. The monoisotopic (exact) mass is 382 g/mol. The lowest BCUT2D eigenvalue weighted by Crippen LogP contribution is -2.15. The van der Waals surface area contributed by atoms with Crippen molar-refractivity contribution in [2.45, 2.75) is 6.54 Å². The van der Waals surface area contributed by atoms with Crippen molar-refractivity contribution >= 4 is 43.5 Å². The molecule has 0 aromatic heterocycles. The summed E-state index contributed by atoms with van der Waals surface area (Å²) in [5, 5.41) is 3.28. The average Bonchev–Trinajstić information content (AvgIpc) is 2.40. The first-order valence-corrected chi connectivity index (χ1v) is 7.23. The van der Waals surface area contributed by atoms with Crippen LogP contribution in [-0.4, -0.2) is 5.91 Å². The van der Waals surface area contributed by atoms with Gasteiger partial charge in [-0.3, -0.25) is 4.79 Å². The molecule has 1 amide bonds. The number of hydrogen-bond acceptors (Lipinski definition) is 2. The number of nitrogens with two attached hydrogens (primary N) is 1. The number of nitrogens with one attached hydrogen (secondary N) is 1. The Morgan fingerprint density at radius 1 is 1.16 bits per heavy atom. The minimum absolute atomic E-state index is 0.411. The number of rotatable bonds is 4. The molecule has 5 heteroatoms. The van der Waals surface area contributed by atoms with Crippen LogP contribution in [-0.2, 0) is 6.54 Å². The Kier molecular flexibility index (Phi) is 4.61. The van der Waals surface area contributed by atoms with E-state index in [2.05, 4.69) is 37.2 Å². The predicted octanol–water partition coefficient (Wildman–Crippen LogP) is 3.92. The van der Waals surface area contributed by atoms with E-state index in [1.54, 1.807) is 12.1 Å². The second kappa shape index (κ2) is 6.21. The Morgan fingerprint density at radius 2 is 1.89 bits per heavy atom. The summed E-state index contributed by atoms with van der Waals surface area (Å²) < 4.78 is 1.95. The number of benzene rings is 2. The maximum absolute atomic E-state index is 11.3. The number of hydrogen-bond donors (Lipinski definition) is 2. The standard InChI is InChI=1S/C14H12Br2N2O/c15-10-5-6-12(16)13(7-10)18-8-9-3-1-2-4-11(9)14(17)19/h1-7,18H,8H2,(H2,17,19). The zero-order valence-electron chi connectivity index (χ0n) is 9.99. The van der Waals surface area contributed by atoms with Gasteiger partial charge in [0.1, 0.15) is 0 Å². The summed E-state index contributed by atoms with van der Waals surface area (Å²) >= 11 is 6.90. The van der Waals surface area contributed by atoms with E-state index in [4.69, 9.17) is 5.73 Å². The molecular formula is C14H12Br2N2O. The molecule has 0 saturated carbocycles. The zero-order valence-corrected chi connectivity index (χ0v) is 13.2. The molecule has 0 atom stereocenters. The highest BCUT2D eigenvalue weighted by Gasteiger charge is 2.07. The summed E-state index contributed by atoms with van der Waals surface area (Å²) in [6.07, 6.45) is 0. The van der Waals surface area contributed by atoms with Crippen molar-refractivity contribution < 1.29 is 4.79 Å². The SMILES string of the molecule is NC(=O)c1ccccc1CNc1cc(Br)ccc1Br. The van der Waals surface area contributed by atoms with Crippen LogP contribution in [0.2, 0.25) is 0 Å². The molecule has 0 aliphatic heterocycles. The molecule has 0 fully saturated rings. The van der Waals surface area contributed by atoms with Crippen LogP contribution in [0.1, 0.15) is 15.9 Å². The molecule has 0 saturated heterocycles. The third-order valence-electron chi connectivity index (χ3n) is 2.68. The fourth-order valence-corrected chi connectivity index (χ4v) is 2.49. The van der Waals surface area contributed by atoms with Crippen molar-refractivity contribution in [3.8, 4) is 0 Å². The molecule has 0 spiro atoms. The van der Waals surface area contributed by atoms with Gasteiger partial charge in [0.15, 0.2) is 0 Å². The Hall–Kier alpha value is -1.33. The summed E-state index contributed by atoms with van der Waals surface area (Å²) in [7, 11) is 0. The third-order valence-corrected chi connectivity index (χ3v) is 3.87. The van der Waals surface area contributed by atoms with E-state index in [9.17, 15) is 4.79 Å². The second-order valence-corrected chi connectivity index (χ2v) is 5.77. The van der Waals surface area contributed by atoms with Crippen LogP contribution in [0.3, 0.4) is 0 Å². The normalized spacial score (nSPS) is 10.2. The number of halogens is 2. The fraction of sp³-hybridized carbons (Fsp3) is 0.0714. The van der Waals surface area contributed by atoms with Gasteiger partial charge in [-0.2, -0.15) is 0 Å². The van der Waals surface area contributed by atoms with E-state index in [1.165, 1.54) is 0 Å². The minimum atomic E-state index is -0.411. The van der Waals surface area contributed by atoms with Crippen LogP contribution in [0.15, 0.2) is 51.4 Å². The van der Waals surface area contributed by atoms with Crippen LogP contribution in [0.4, 0.5) is 5.69 Å². The van der Waals surface area contributed by atoms with Crippen LogP contribution >= 0.6 is 31.9 Å². The van der Waals surface area contributed by atoms with Crippen molar-refractivity contribution in [3.05, 3.63) is 62.5 Å². The number of primary amides is 1. The van der Waals surface area contributed by atoms with Crippen LogP contribution in [0.25, 0.3) is 0 Å². The van der Waals surface area contributed by atoms with Crippen LogP contribution in [0.5, 0.6) is 0 Å². The second-order valence-electron chi connectivity index (χ2n) is 4.00. The molecule has 0 heterocycles. The van der Waals surface area contributed by atoms with Crippen molar-refractivity contribution in [2.24, 2.45) is 5.73 Å². The van der Waals surface area contributed by atoms with Gasteiger partial charge in [0.2, 0.25) is 5.91 Å². The highest BCUT2D eigenvalue weighted by Crippen LogP contribution is 2.26. The minimum Gasteiger partial charge on any atom is -0.380 e. The Bertz CT molecular complexity index is 614. The highest BCUT2D eigenvalue weighted by molar-refractivity contribution is 9.11. The zero-order chi connectivity index (χ0) is 13.8. The summed E-state index contributed by atoms with van der Waals surface area (Å²) in [6.45, 7) is 0.536. The quantitative estimate of drug-likeness (QED) is 0.840. The van der Waals surface area contributed by atoms with Crippen molar-refractivity contribution in [1.29, 1.82) is 0 Å². The van der Waals surface area contributed by atoms with Gasteiger partial charge in [0.25, 0.3) is 0 Å². The van der Waals surface area contributed by atoms with Gasteiger partial charge in [-0.05, 0) is 45.8 Å². The Labute approximate surface area is 128 Å². The van der Waals surface area contributed by atoms with Crippen molar-refractivity contribution in [3.63, 3.8) is 0 Å². The first-order valence-electron chi connectivity index (χ1n) is 5.64. The predicted molar refractivity (Wildman–Crippen MR) is 84.1 cm³/mol. The Balaban J connectivity index is 2.19. The fourth-order valence-electron chi connectivity index (χ4n) is 1.74. The smallest absolute Gasteiger partial charge is 0.249 e. The first-order chi connectivity index (χ1) is 9.08. The summed E-state index contributed by atoms with van der Waals surface area (Å²) in [5.74, 6) is -0.411. The van der Waals surface area contributed by atoms with Gasteiger partial charge in [0, 0.05) is 26.7 Å². The first kappa shape index (κ1) is 14.1. The summed E-state index contributed by atoms with van der Waals surface area (Å²) in [5.41, 5.74) is 7.73. The molecule has 3 nitrogen and oxygen atoms in total. The molecule has 2 aromatic rings. The molecule has 2 rings (SSSR count). The lowest BCUT2D eigenvalue weighted by molar-refractivity contribution is 0.0999. The molecule has 19 heavy (non-hydrogen) atoms. The van der Waals surface area contributed by atoms with E-state index in [0.717, 1.165) is 20.2 Å². The maximum atomic E-state index is 11.3. The molecule has 2 aromatic carbocycles. The molecule has 0 bridgehead atoms. The van der Waals surface area contributed by atoms with Gasteiger partial charge in [-0.1, -0.05) is 34.1 Å². The molecule has 0 aliphatic rings. The van der Waals surface area contributed by atoms with Gasteiger partial charge in [0.05, 0.1) is 0 Å². The molecular weight excluding hydrogens is 372 g/mol. The van der Waals surface area contributed by atoms with Crippen molar-refractivity contribution in [2.75, 3.05) is 5.32 Å². The van der Waals surface area contributed by atoms with Crippen molar-refractivity contribution in [1.82, 2.24) is 0 Å². The van der Waals surface area contributed by atoms with Gasteiger partial charge in [-0.25, -0.2) is 0 Å². The largest absolute Gasteiger partial charge is 0.380 e. The lowest BCUT2D eigenvalue weighted by atomic mass is 10.1. The van der Waals surface area contributed by atoms with Crippen LogP contribution < -0.4 is 11.1 Å². The molecule has 98 valence electrons. The molecule has 0 unspecified atom stereocenters. The van der Waals surface area contributed by atoms with E-state index in [-0.39, 0.29) is 0 Å². The highest BCUT2D eigenvalue weighted by atomic mass is 79.9. The topological polar surface area (TPSA) is 55.1 Å². The Morgan fingerprint density at radius 3 is 2.63 bits per heavy atom. The van der Waals surface area contributed by atoms with E-state index in [1.807, 2.05) is 30.3 Å². The summed E-state index contributed by atoms with van der Waals surface area (Å²) in [6, 6.07) is 13.2. The number of carbonyl (C=O) groups is 1. The summed E-state index contributed by atoms with van der Waals surface area (Å²) in [4.78, 5) is 11.3. The number of anilines is 1. The third kappa shape index (κ3) is 3.58. The molecule has 0 radical (unpaired) electrons.